The molecule has 3 aromatic rings. The van der Waals surface area contributed by atoms with Crippen molar-refractivity contribution >= 4 is 23.5 Å². The van der Waals surface area contributed by atoms with E-state index in [1.807, 2.05) is 43.3 Å². The minimum atomic E-state index is -0.592. The van der Waals surface area contributed by atoms with Gasteiger partial charge >= 0.3 is 5.97 Å². The Hall–Kier alpha value is -3.35. The highest BCUT2D eigenvalue weighted by Gasteiger charge is 2.34. The predicted octanol–water partition coefficient (Wildman–Crippen LogP) is 5.49. The number of rotatable bonds is 8. The Morgan fingerprint density at radius 3 is 2.60 bits per heavy atom. The van der Waals surface area contributed by atoms with Crippen molar-refractivity contribution in [2.24, 2.45) is 0 Å². The van der Waals surface area contributed by atoms with Gasteiger partial charge in [0.25, 0.3) is 5.91 Å². The Labute approximate surface area is 210 Å². The van der Waals surface area contributed by atoms with Gasteiger partial charge in [0.05, 0.1) is 29.8 Å². The van der Waals surface area contributed by atoms with Crippen LogP contribution < -0.4 is 4.74 Å². The van der Waals surface area contributed by atoms with Crippen LogP contribution in [0.3, 0.4) is 0 Å². The first-order valence-electron chi connectivity index (χ1n) is 11.5. The fourth-order valence-electron chi connectivity index (χ4n) is 4.48. The van der Waals surface area contributed by atoms with Crippen molar-refractivity contribution in [1.82, 2.24) is 4.90 Å². The highest BCUT2D eigenvalue weighted by molar-refractivity contribution is 6.33. The Morgan fingerprint density at radius 2 is 1.89 bits per heavy atom. The molecule has 1 heterocycles. The lowest BCUT2D eigenvalue weighted by Crippen LogP contribution is -2.42. The third kappa shape index (κ3) is 5.19. The molecule has 182 valence electrons. The van der Waals surface area contributed by atoms with E-state index in [2.05, 4.69) is 0 Å². The number of aliphatic hydroxyl groups excluding tert-OH is 1. The molecule has 3 aromatic carbocycles. The predicted molar refractivity (Wildman–Crippen MR) is 135 cm³/mol. The van der Waals surface area contributed by atoms with E-state index < -0.39 is 12.1 Å². The van der Waals surface area contributed by atoms with Gasteiger partial charge in [0, 0.05) is 12.1 Å². The first-order valence-corrected chi connectivity index (χ1v) is 11.9. The molecule has 0 radical (unpaired) electrons. The second kappa shape index (κ2) is 10.5. The molecular weight excluding hydrogens is 466 g/mol. The Balaban J connectivity index is 1.48. The topological polar surface area (TPSA) is 76.1 Å². The minimum absolute atomic E-state index is 0.0544. The summed E-state index contributed by atoms with van der Waals surface area (Å²) in [7, 11) is 1.32. The summed E-state index contributed by atoms with van der Waals surface area (Å²) in [6.45, 7) is 4.49. The largest absolute Gasteiger partial charge is 0.489 e. The molecule has 35 heavy (non-hydrogen) atoms. The molecule has 0 aliphatic carbocycles. The van der Waals surface area contributed by atoms with Crippen LogP contribution in [-0.4, -0.2) is 41.1 Å². The van der Waals surface area contributed by atoms with Crippen molar-refractivity contribution in [3.8, 4) is 16.9 Å². The van der Waals surface area contributed by atoms with Gasteiger partial charge in [-0.05, 0) is 72.0 Å². The summed E-state index contributed by atoms with van der Waals surface area (Å²) in [5.74, 6) is 0.137. The van der Waals surface area contributed by atoms with E-state index in [4.69, 9.17) is 21.1 Å². The van der Waals surface area contributed by atoms with Crippen LogP contribution >= 0.6 is 11.6 Å². The zero-order valence-electron chi connectivity index (χ0n) is 20.0. The number of hydrogen-bond acceptors (Lipinski definition) is 5. The lowest BCUT2D eigenvalue weighted by atomic mass is 10.0. The summed E-state index contributed by atoms with van der Waals surface area (Å²) >= 11 is 6.15. The van der Waals surface area contributed by atoms with Crippen molar-refractivity contribution in [1.29, 1.82) is 0 Å². The summed E-state index contributed by atoms with van der Waals surface area (Å²) < 4.78 is 10.9. The Bertz CT molecular complexity index is 1260. The quantitative estimate of drug-likeness (QED) is 0.420. The molecule has 6 nitrogen and oxygen atoms in total. The van der Waals surface area contributed by atoms with E-state index in [9.17, 15) is 14.7 Å². The van der Waals surface area contributed by atoms with Crippen LogP contribution in [-0.2, 0) is 17.9 Å². The van der Waals surface area contributed by atoms with Crippen LogP contribution in [0.1, 0.15) is 52.1 Å². The molecule has 1 amide bonds. The standard InChI is InChI=1S/C28H28ClNO5/c1-4-26(17(2)31)30-15-21-13-22(9-10-23(21)27(30)32)35-16-18-6-5-7-19(12-18)20-8-11-25(29)24(14-20)28(33)34-3/h5-14,17,26,31H,4,15-16H2,1-3H3. The lowest BCUT2D eigenvalue weighted by molar-refractivity contribution is 0.0419. The van der Waals surface area contributed by atoms with Gasteiger partial charge in [-0.3, -0.25) is 4.79 Å². The van der Waals surface area contributed by atoms with Crippen molar-refractivity contribution in [3.63, 3.8) is 0 Å². The zero-order chi connectivity index (χ0) is 25.1. The van der Waals surface area contributed by atoms with Crippen LogP contribution in [0.4, 0.5) is 0 Å². The molecule has 1 aliphatic heterocycles. The molecule has 2 unspecified atom stereocenters. The molecule has 0 aromatic heterocycles. The number of methoxy groups -OCH3 is 1. The molecule has 2 atom stereocenters. The highest BCUT2D eigenvalue weighted by Crippen LogP contribution is 2.31. The smallest absolute Gasteiger partial charge is 0.339 e. The number of fused-ring (bicyclic) bond motifs is 1. The van der Waals surface area contributed by atoms with E-state index in [1.165, 1.54) is 7.11 Å². The van der Waals surface area contributed by atoms with E-state index >= 15 is 0 Å². The normalized spacial score (nSPS) is 14.4. The van der Waals surface area contributed by atoms with Gasteiger partial charge in [-0.25, -0.2) is 4.79 Å². The maximum absolute atomic E-state index is 12.8. The van der Waals surface area contributed by atoms with Crippen LogP contribution in [0.25, 0.3) is 11.1 Å². The number of benzene rings is 3. The van der Waals surface area contributed by atoms with Crippen molar-refractivity contribution in [2.75, 3.05) is 7.11 Å². The van der Waals surface area contributed by atoms with Gasteiger partial charge in [-0.15, -0.1) is 0 Å². The summed E-state index contributed by atoms with van der Waals surface area (Å²) in [5.41, 5.74) is 4.59. The maximum atomic E-state index is 12.8. The van der Waals surface area contributed by atoms with Gasteiger partial charge in [0.1, 0.15) is 12.4 Å². The van der Waals surface area contributed by atoms with Gasteiger partial charge in [0.15, 0.2) is 0 Å². The molecule has 0 bridgehead atoms. The Morgan fingerprint density at radius 1 is 1.11 bits per heavy atom. The highest BCUT2D eigenvalue weighted by atomic mass is 35.5. The van der Waals surface area contributed by atoms with Gasteiger partial charge in [-0.2, -0.15) is 0 Å². The summed E-state index contributed by atoms with van der Waals surface area (Å²) in [5, 5.41) is 10.4. The second-order valence-electron chi connectivity index (χ2n) is 8.64. The molecule has 0 saturated heterocycles. The number of hydrogen-bond donors (Lipinski definition) is 1. The van der Waals surface area contributed by atoms with Crippen LogP contribution in [0.2, 0.25) is 5.02 Å². The number of amides is 1. The summed E-state index contributed by atoms with van der Waals surface area (Å²) in [4.78, 5) is 26.5. The van der Waals surface area contributed by atoms with Crippen LogP contribution in [0, 0.1) is 0 Å². The summed E-state index contributed by atoms with van der Waals surface area (Å²) in [6.07, 6.45) is 0.0943. The van der Waals surface area contributed by atoms with Crippen LogP contribution in [0.5, 0.6) is 5.75 Å². The SMILES string of the molecule is CCC(C(C)O)N1Cc2cc(OCc3cccc(-c4ccc(Cl)c(C(=O)OC)c4)c3)ccc2C1=O. The molecule has 1 N–H and O–H groups in total. The Kier molecular flexibility index (Phi) is 7.43. The van der Waals surface area contributed by atoms with Gasteiger partial charge < -0.3 is 19.5 Å². The fraction of sp³-hybridized carbons (Fsp3) is 0.286. The van der Waals surface area contributed by atoms with E-state index in [-0.39, 0.29) is 11.9 Å². The van der Waals surface area contributed by atoms with Crippen molar-refractivity contribution in [2.45, 2.75) is 45.6 Å². The maximum Gasteiger partial charge on any atom is 0.339 e. The average Bonchev–Trinajstić information content (AvgIpc) is 3.18. The molecule has 4 rings (SSSR count). The minimum Gasteiger partial charge on any atom is -0.489 e. The number of esters is 1. The van der Waals surface area contributed by atoms with Crippen LogP contribution in [0.15, 0.2) is 60.7 Å². The van der Waals surface area contributed by atoms with Crippen molar-refractivity contribution < 1.29 is 24.2 Å². The third-order valence-corrected chi connectivity index (χ3v) is 6.65. The fourth-order valence-corrected chi connectivity index (χ4v) is 4.67. The second-order valence-corrected chi connectivity index (χ2v) is 9.05. The number of ether oxygens (including phenoxy) is 2. The summed E-state index contributed by atoms with van der Waals surface area (Å²) in [6, 6.07) is 18.4. The number of carbonyl (C=O) groups is 2. The number of carbonyl (C=O) groups excluding carboxylic acids is 2. The third-order valence-electron chi connectivity index (χ3n) is 6.32. The van der Waals surface area contributed by atoms with E-state index in [1.54, 1.807) is 36.1 Å². The van der Waals surface area contributed by atoms with E-state index in [0.29, 0.717) is 41.5 Å². The molecule has 0 spiro atoms. The molecule has 7 heteroatoms. The molecule has 0 fully saturated rings. The average molecular weight is 494 g/mol. The monoisotopic (exact) mass is 493 g/mol. The van der Waals surface area contributed by atoms with Crippen molar-refractivity contribution in [3.05, 3.63) is 87.9 Å². The lowest BCUT2D eigenvalue weighted by Gasteiger charge is -2.29. The first-order chi connectivity index (χ1) is 16.8. The molecular formula is C28H28ClNO5. The first kappa shape index (κ1) is 24.8. The number of nitrogens with zero attached hydrogens (tertiary/aromatic N) is 1. The van der Waals surface area contributed by atoms with Gasteiger partial charge in [-0.1, -0.05) is 42.8 Å². The molecule has 1 aliphatic rings. The van der Waals surface area contributed by atoms with Gasteiger partial charge in [0.2, 0.25) is 0 Å². The van der Waals surface area contributed by atoms with E-state index in [0.717, 1.165) is 22.3 Å². The molecule has 0 saturated carbocycles. The number of halogens is 1. The zero-order valence-corrected chi connectivity index (χ0v) is 20.7. The number of aliphatic hydroxyl groups is 1.